The highest BCUT2D eigenvalue weighted by Crippen LogP contribution is 2.26. The molecule has 0 N–H and O–H groups in total. The molecular formula is C15H21ClN2O. The maximum absolute atomic E-state index is 6.26. The molecule has 0 spiro atoms. The molecule has 1 heterocycles. The molecule has 0 aliphatic rings. The molecule has 2 aromatic rings. The minimum atomic E-state index is -0.0748. The van der Waals surface area contributed by atoms with Gasteiger partial charge in [0.2, 0.25) is 0 Å². The zero-order valence-electron chi connectivity index (χ0n) is 11.8. The van der Waals surface area contributed by atoms with Crippen LogP contribution in [0.15, 0.2) is 18.2 Å². The van der Waals surface area contributed by atoms with Gasteiger partial charge < -0.3 is 9.30 Å². The van der Waals surface area contributed by atoms with E-state index in [-0.39, 0.29) is 5.38 Å². The van der Waals surface area contributed by atoms with Crippen molar-refractivity contribution in [3.63, 3.8) is 0 Å². The number of hydrogen-bond donors (Lipinski definition) is 0. The van der Waals surface area contributed by atoms with Gasteiger partial charge in [-0.25, -0.2) is 4.98 Å². The lowest BCUT2D eigenvalue weighted by Gasteiger charge is -2.10. The van der Waals surface area contributed by atoms with E-state index in [0.717, 1.165) is 37.3 Å². The summed E-state index contributed by atoms with van der Waals surface area (Å²) in [6.07, 6.45) is 2.13. The van der Waals surface area contributed by atoms with Crippen LogP contribution in [-0.2, 0) is 11.3 Å². The van der Waals surface area contributed by atoms with E-state index in [4.69, 9.17) is 21.3 Å². The van der Waals surface area contributed by atoms with Gasteiger partial charge in [0.05, 0.1) is 16.4 Å². The number of aryl methyl sites for hydroxylation is 2. The Morgan fingerprint density at radius 1 is 1.37 bits per heavy atom. The van der Waals surface area contributed by atoms with Crippen LogP contribution < -0.4 is 0 Å². The summed E-state index contributed by atoms with van der Waals surface area (Å²) in [6, 6.07) is 6.29. The molecule has 104 valence electrons. The van der Waals surface area contributed by atoms with Gasteiger partial charge in [-0.05, 0) is 38.3 Å². The molecule has 3 nitrogen and oxygen atoms in total. The number of methoxy groups -OCH3 is 1. The molecule has 2 rings (SSSR count). The lowest BCUT2D eigenvalue weighted by Crippen LogP contribution is -2.05. The van der Waals surface area contributed by atoms with E-state index in [1.54, 1.807) is 7.11 Å². The average Bonchev–Trinajstić information content (AvgIpc) is 2.75. The Hall–Kier alpha value is -1.06. The van der Waals surface area contributed by atoms with Crippen LogP contribution in [0.25, 0.3) is 11.0 Å². The molecule has 4 heteroatoms. The first kappa shape index (κ1) is 14.4. The molecule has 0 saturated heterocycles. The van der Waals surface area contributed by atoms with Crippen LogP contribution in [-0.4, -0.2) is 23.3 Å². The Balaban J connectivity index is 2.33. The molecule has 1 aromatic heterocycles. The van der Waals surface area contributed by atoms with Crippen molar-refractivity contribution in [2.45, 2.75) is 38.6 Å². The summed E-state index contributed by atoms with van der Waals surface area (Å²) in [5.74, 6) is 0.961. The van der Waals surface area contributed by atoms with E-state index in [0.29, 0.717) is 0 Å². The highest BCUT2D eigenvalue weighted by Gasteiger charge is 2.15. The molecular weight excluding hydrogens is 260 g/mol. The SMILES string of the molecule is COCCCCn1c(C(C)Cl)nc2c(C)cccc21. The van der Waals surface area contributed by atoms with Crippen molar-refractivity contribution in [2.24, 2.45) is 0 Å². The van der Waals surface area contributed by atoms with E-state index >= 15 is 0 Å². The number of unbranched alkanes of at least 4 members (excludes halogenated alkanes) is 1. The monoisotopic (exact) mass is 280 g/mol. The maximum Gasteiger partial charge on any atom is 0.127 e. The van der Waals surface area contributed by atoms with E-state index in [1.807, 2.05) is 6.92 Å². The lowest BCUT2D eigenvalue weighted by molar-refractivity contribution is 0.191. The Kier molecular flexibility index (Phi) is 4.83. The van der Waals surface area contributed by atoms with E-state index in [9.17, 15) is 0 Å². The van der Waals surface area contributed by atoms with Crippen molar-refractivity contribution in [1.82, 2.24) is 9.55 Å². The number of nitrogens with zero attached hydrogens (tertiary/aromatic N) is 2. The number of benzene rings is 1. The number of imidazole rings is 1. The predicted octanol–water partition coefficient (Wildman–Crippen LogP) is 4.07. The van der Waals surface area contributed by atoms with Crippen molar-refractivity contribution in [3.8, 4) is 0 Å². The number of halogens is 1. The smallest absolute Gasteiger partial charge is 0.127 e. The summed E-state index contributed by atoms with van der Waals surface area (Å²) in [4.78, 5) is 4.71. The Morgan fingerprint density at radius 2 is 2.16 bits per heavy atom. The standard InChI is InChI=1S/C15H21ClN2O/c1-11-7-6-8-13-14(11)17-15(12(2)16)18(13)9-4-5-10-19-3/h6-8,12H,4-5,9-10H2,1-3H3. The van der Waals surface area contributed by atoms with Crippen LogP contribution in [0.3, 0.4) is 0 Å². The third-order valence-corrected chi connectivity index (χ3v) is 3.54. The third kappa shape index (κ3) is 3.10. The summed E-state index contributed by atoms with van der Waals surface area (Å²) >= 11 is 6.26. The van der Waals surface area contributed by atoms with Gasteiger partial charge in [0.1, 0.15) is 5.82 Å². The van der Waals surface area contributed by atoms with Gasteiger partial charge in [0.25, 0.3) is 0 Å². The predicted molar refractivity (Wildman–Crippen MR) is 79.8 cm³/mol. The van der Waals surface area contributed by atoms with Crippen LogP contribution in [0.5, 0.6) is 0 Å². The topological polar surface area (TPSA) is 27.1 Å². The van der Waals surface area contributed by atoms with Gasteiger partial charge in [0.15, 0.2) is 0 Å². The largest absolute Gasteiger partial charge is 0.385 e. The van der Waals surface area contributed by atoms with Gasteiger partial charge in [-0.3, -0.25) is 0 Å². The first-order valence-corrected chi connectivity index (χ1v) is 7.17. The van der Waals surface area contributed by atoms with Crippen LogP contribution in [0.1, 0.15) is 36.5 Å². The van der Waals surface area contributed by atoms with Crippen molar-refractivity contribution in [2.75, 3.05) is 13.7 Å². The Bertz CT molecular complexity index is 548. The van der Waals surface area contributed by atoms with Crippen LogP contribution in [0.2, 0.25) is 0 Å². The zero-order chi connectivity index (χ0) is 13.8. The quantitative estimate of drug-likeness (QED) is 0.589. The number of hydrogen-bond acceptors (Lipinski definition) is 2. The van der Waals surface area contributed by atoms with Crippen LogP contribution in [0.4, 0.5) is 0 Å². The van der Waals surface area contributed by atoms with Gasteiger partial charge in [0, 0.05) is 20.3 Å². The zero-order valence-corrected chi connectivity index (χ0v) is 12.6. The van der Waals surface area contributed by atoms with Crippen molar-refractivity contribution < 1.29 is 4.74 Å². The van der Waals surface area contributed by atoms with Gasteiger partial charge in [-0.15, -0.1) is 11.6 Å². The minimum absolute atomic E-state index is 0.0748. The van der Waals surface area contributed by atoms with Crippen LogP contribution >= 0.6 is 11.6 Å². The number of fused-ring (bicyclic) bond motifs is 1. The number of alkyl halides is 1. The third-order valence-electron chi connectivity index (χ3n) is 3.35. The summed E-state index contributed by atoms with van der Waals surface area (Å²) in [5, 5.41) is -0.0748. The molecule has 0 amide bonds. The van der Waals surface area contributed by atoms with E-state index in [1.165, 1.54) is 11.1 Å². The van der Waals surface area contributed by atoms with Gasteiger partial charge >= 0.3 is 0 Å². The number of rotatable bonds is 6. The molecule has 1 aromatic carbocycles. The fourth-order valence-corrected chi connectivity index (χ4v) is 2.53. The normalized spacial score (nSPS) is 13.1. The first-order valence-electron chi connectivity index (χ1n) is 6.74. The lowest BCUT2D eigenvalue weighted by atomic mass is 10.2. The molecule has 19 heavy (non-hydrogen) atoms. The molecule has 0 aliphatic carbocycles. The summed E-state index contributed by atoms with van der Waals surface area (Å²) < 4.78 is 7.34. The fraction of sp³-hybridized carbons (Fsp3) is 0.533. The second kappa shape index (κ2) is 6.40. The Morgan fingerprint density at radius 3 is 2.84 bits per heavy atom. The first-order chi connectivity index (χ1) is 9.15. The van der Waals surface area contributed by atoms with E-state index < -0.39 is 0 Å². The van der Waals surface area contributed by atoms with E-state index in [2.05, 4.69) is 29.7 Å². The highest BCUT2D eigenvalue weighted by atomic mass is 35.5. The molecule has 0 bridgehead atoms. The molecule has 0 aliphatic heterocycles. The summed E-state index contributed by atoms with van der Waals surface area (Å²) in [6.45, 7) is 5.81. The van der Waals surface area contributed by atoms with Crippen molar-refractivity contribution in [3.05, 3.63) is 29.6 Å². The summed E-state index contributed by atoms with van der Waals surface area (Å²) in [5.41, 5.74) is 3.45. The molecule has 1 unspecified atom stereocenters. The van der Waals surface area contributed by atoms with Gasteiger partial charge in [-0.1, -0.05) is 12.1 Å². The fourth-order valence-electron chi connectivity index (χ4n) is 2.36. The minimum Gasteiger partial charge on any atom is -0.385 e. The van der Waals surface area contributed by atoms with Crippen LogP contribution in [0, 0.1) is 6.92 Å². The Labute approximate surface area is 119 Å². The van der Waals surface area contributed by atoms with Crippen molar-refractivity contribution >= 4 is 22.6 Å². The second-order valence-electron chi connectivity index (χ2n) is 4.88. The second-order valence-corrected chi connectivity index (χ2v) is 5.53. The molecule has 0 radical (unpaired) electrons. The molecule has 0 fully saturated rings. The summed E-state index contributed by atoms with van der Waals surface area (Å²) in [7, 11) is 1.74. The van der Waals surface area contributed by atoms with Gasteiger partial charge in [-0.2, -0.15) is 0 Å². The molecule has 0 saturated carbocycles. The maximum atomic E-state index is 6.26. The number of aromatic nitrogens is 2. The average molecular weight is 281 g/mol. The highest BCUT2D eigenvalue weighted by molar-refractivity contribution is 6.20. The number of ether oxygens (including phenoxy) is 1. The number of para-hydroxylation sites is 1. The molecule has 1 atom stereocenters. The van der Waals surface area contributed by atoms with Crippen molar-refractivity contribution in [1.29, 1.82) is 0 Å².